The highest BCUT2D eigenvalue weighted by atomic mass is 15.3. The van der Waals surface area contributed by atoms with Gasteiger partial charge >= 0.3 is 0 Å². The normalized spacial score (nSPS) is 11.3. The van der Waals surface area contributed by atoms with Crippen molar-refractivity contribution in [3.8, 4) is 5.69 Å². The van der Waals surface area contributed by atoms with Crippen molar-refractivity contribution >= 4 is 10.8 Å². The van der Waals surface area contributed by atoms with Gasteiger partial charge in [-0.05, 0) is 41.6 Å². The van der Waals surface area contributed by atoms with Gasteiger partial charge in [-0.2, -0.15) is 5.10 Å². The minimum atomic E-state index is 0.875. The van der Waals surface area contributed by atoms with E-state index >= 15 is 0 Å². The average molecular weight is 327 g/mol. The first-order valence-corrected chi connectivity index (χ1v) is 8.53. The van der Waals surface area contributed by atoms with Crippen molar-refractivity contribution in [3.05, 3.63) is 96.3 Å². The van der Waals surface area contributed by atoms with Gasteiger partial charge in [0, 0.05) is 24.8 Å². The lowest BCUT2D eigenvalue weighted by atomic mass is 10.1. The van der Waals surface area contributed by atoms with Gasteiger partial charge in [0.15, 0.2) is 0 Å². The van der Waals surface area contributed by atoms with Crippen molar-refractivity contribution in [2.45, 2.75) is 13.1 Å². The number of nitrogens with zero attached hydrogens (tertiary/aromatic N) is 3. The Morgan fingerprint density at radius 3 is 2.36 bits per heavy atom. The van der Waals surface area contributed by atoms with E-state index in [0.717, 1.165) is 18.8 Å². The predicted octanol–water partition coefficient (Wildman–Crippen LogP) is 4.66. The summed E-state index contributed by atoms with van der Waals surface area (Å²) in [6.45, 7) is 1.79. The van der Waals surface area contributed by atoms with Gasteiger partial charge in [0.1, 0.15) is 0 Å². The Morgan fingerprint density at radius 1 is 0.800 bits per heavy atom. The second-order valence-corrected chi connectivity index (χ2v) is 6.48. The lowest BCUT2D eigenvalue weighted by Gasteiger charge is -2.16. The van der Waals surface area contributed by atoms with Crippen LogP contribution in [0.15, 0.2) is 85.2 Å². The molecule has 3 nitrogen and oxygen atoms in total. The largest absolute Gasteiger partial charge is 0.298 e. The molecule has 0 N–H and O–H groups in total. The smallest absolute Gasteiger partial charge is 0.0645 e. The monoisotopic (exact) mass is 327 g/mol. The molecule has 0 amide bonds. The molecule has 0 bridgehead atoms. The minimum Gasteiger partial charge on any atom is -0.298 e. The van der Waals surface area contributed by atoms with Gasteiger partial charge in [-0.25, -0.2) is 4.68 Å². The number of hydrogen-bond acceptors (Lipinski definition) is 2. The molecule has 124 valence electrons. The first-order chi connectivity index (χ1) is 12.3. The summed E-state index contributed by atoms with van der Waals surface area (Å²) >= 11 is 0. The van der Waals surface area contributed by atoms with Crippen molar-refractivity contribution < 1.29 is 0 Å². The molecule has 0 saturated carbocycles. The van der Waals surface area contributed by atoms with Crippen LogP contribution in [0.5, 0.6) is 0 Å². The molecule has 0 saturated heterocycles. The molecule has 25 heavy (non-hydrogen) atoms. The van der Waals surface area contributed by atoms with Crippen LogP contribution >= 0.6 is 0 Å². The molecule has 4 rings (SSSR count). The standard InChI is InChI=1S/C22H21N3/c1-24(15-18-11-12-20-7-5-6-8-21(20)13-18)16-19-14-23-25(17-19)22-9-3-2-4-10-22/h2-14,17H,15-16H2,1H3. The third-order valence-electron chi connectivity index (χ3n) is 4.38. The zero-order valence-electron chi connectivity index (χ0n) is 14.3. The summed E-state index contributed by atoms with van der Waals surface area (Å²) in [7, 11) is 2.15. The molecule has 1 aromatic heterocycles. The van der Waals surface area contributed by atoms with Gasteiger partial charge in [0.25, 0.3) is 0 Å². The molecule has 0 aliphatic heterocycles. The van der Waals surface area contributed by atoms with Gasteiger partial charge in [0.05, 0.1) is 11.9 Å². The molecule has 0 unspecified atom stereocenters. The molecule has 3 heteroatoms. The average Bonchev–Trinajstić information content (AvgIpc) is 3.10. The maximum absolute atomic E-state index is 4.48. The molecule has 0 aliphatic carbocycles. The van der Waals surface area contributed by atoms with Crippen LogP contribution in [0.1, 0.15) is 11.1 Å². The van der Waals surface area contributed by atoms with Crippen molar-refractivity contribution in [1.29, 1.82) is 0 Å². The fourth-order valence-corrected chi connectivity index (χ4v) is 3.18. The first kappa shape index (κ1) is 15.6. The summed E-state index contributed by atoms with van der Waals surface area (Å²) in [5.74, 6) is 0. The van der Waals surface area contributed by atoms with E-state index in [-0.39, 0.29) is 0 Å². The fraction of sp³-hybridized carbons (Fsp3) is 0.136. The van der Waals surface area contributed by atoms with Gasteiger partial charge in [0.2, 0.25) is 0 Å². The van der Waals surface area contributed by atoms with E-state index in [4.69, 9.17) is 0 Å². The number of rotatable bonds is 5. The molecule has 0 atom stereocenters. The quantitative estimate of drug-likeness (QED) is 0.532. The van der Waals surface area contributed by atoms with Crippen molar-refractivity contribution in [2.75, 3.05) is 7.05 Å². The SMILES string of the molecule is CN(Cc1ccc2ccccc2c1)Cc1cnn(-c2ccccc2)c1. The van der Waals surface area contributed by atoms with Crippen LogP contribution in [0.3, 0.4) is 0 Å². The van der Waals surface area contributed by atoms with Crippen molar-refractivity contribution in [3.63, 3.8) is 0 Å². The Hall–Kier alpha value is -2.91. The highest BCUT2D eigenvalue weighted by Crippen LogP contribution is 2.17. The van der Waals surface area contributed by atoms with Gasteiger partial charge in [-0.1, -0.05) is 54.6 Å². The van der Waals surface area contributed by atoms with Crippen LogP contribution in [-0.2, 0) is 13.1 Å². The molecule has 0 spiro atoms. The molecule has 1 heterocycles. The van der Waals surface area contributed by atoms with Crippen LogP contribution in [0.25, 0.3) is 16.5 Å². The van der Waals surface area contributed by atoms with E-state index in [9.17, 15) is 0 Å². The van der Waals surface area contributed by atoms with Crippen LogP contribution in [0.4, 0.5) is 0 Å². The zero-order chi connectivity index (χ0) is 17.1. The minimum absolute atomic E-state index is 0.875. The van der Waals surface area contributed by atoms with E-state index in [1.165, 1.54) is 21.9 Å². The summed E-state index contributed by atoms with van der Waals surface area (Å²) in [5, 5.41) is 7.06. The maximum Gasteiger partial charge on any atom is 0.0645 e. The number of para-hydroxylation sites is 1. The van der Waals surface area contributed by atoms with Gasteiger partial charge in [-0.3, -0.25) is 4.90 Å². The summed E-state index contributed by atoms with van der Waals surface area (Å²) in [6, 6.07) is 25.4. The van der Waals surface area contributed by atoms with E-state index in [1.54, 1.807) is 0 Å². The Kier molecular flexibility index (Phi) is 4.32. The van der Waals surface area contributed by atoms with Gasteiger partial charge < -0.3 is 0 Å². The van der Waals surface area contributed by atoms with E-state index in [1.807, 2.05) is 29.1 Å². The summed E-state index contributed by atoms with van der Waals surface area (Å²) in [4.78, 5) is 2.32. The fourth-order valence-electron chi connectivity index (χ4n) is 3.18. The van der Waals surface area contributed by atoms with Crippen molar-refractivity contribution in [1.82, 2.24) is 14.7 Å². The van der Waals surface area contributed by atoms with Crippen LogP contribution in [0, 0.1) is 0 Å². The molecular formula is C22H21N3. The second kappa shape index (κ2) is 6.91. The summed E-state index contributed by atoms with van der Waals surface area (Å²) < 4.78 is 1.93. The zero-order valence-corrected chi connectivity index (χ0v) is 14.3. The number of fused-ring (bicyclic) bond motifs is 1. The molecule has 4 aromatic rings. The highest BCUT2D eigenvalue weighted by molar-refractivity contribution is 5.82. The molecule has 0 radical (unpaired) electrons. The van der Waals surface area contributed by atoms with E-state index < -0.39 is 0 Å². The summed E-state index contributed by atoms with van der Waals surface area (Å²) in [5.41, 5.74) is 3.63. The van der Waals surface area contributed by atoms with E-state index in [0.29, 0.717) is 0 Å². The maximum atomic E-state index is 4.48. The van der Waals surface area contributed by atoms with Crippen LogP contribution in [0.2, 0.25) is 0 Å². The Morgan fingerprint density at radius 2 is 1.52 bits per heavy atom. The summed E-state index contributed by atoms with van der Waals surface area (Å²) in [6.07, 6.45) is 4.05. The molecule has 0 aliphatic rings. The number of aromatic nitrogens is 2. The molecule has 0 fully saturated rings. The Labute approximate surface area is 148 Å². The number of hydrogen-bond donors (Lipinski definition) is 0. The van der Waals surface area contributed by atoms with Crippen LogP contribution < -0.4 is 0 Å². The first-order valence-electron chi connectivity index (χ1n) is 8.53. The highest BCUT2D eigenvalue weighted by Gasteiger charge is 2.06. The van der Waals surface area contributed by atoms with Crippen LogP contribution in [-0.4, -0.2) is 21.7 Å². The Balaban J connectivity index is 1.45. The molecule has 3 aromatic carbocycles. The van der Waals surface area contributed by atoms with E-state index in [2.05, 4.69) is 77.8 Å². The van der Waals surface area contributed by atoms with Gasteiger partial charge in [-0.15, -0.1) is 0 Å². The number of benzene rings is 3. The Bertz CT molecular complexity index is 973. The van der Waals surface area contributed by atoms with Crippen molar-refractivity contribution in [2.24, 2.45) is 0 Å². The third-order valence-corrected chi connectivity index (χ3v) is 4.38. The lowest BCUT2D eigenvalue weighted by Crippen LogP contribution is -2.16. The lowest BCUT2D eigenvalue weighted by molar-refractivity contribution is 0.319. The molecular weight excluding hydrogens is 306 g/mol. The topological polar surface area (TPSA) is 21.1 Å². The third kappa shape index (κ3) is 3.62. The second-order valence-electron chi connectivity index (χ2n) is 6.48. The predicted molar refractivity (Wildman–Crippen MR) is 103 cm³/mol.